The van der Waals surface area contributed by atoms with E-state index in [0.717, 1.165) is 10.0 Å². The summed E-state index contributed by atoms with van der Waals surface area (Å²) < 4.78 is 4.49. The quantitative estimate of drug-likeness (QED) is 0.396. The Kier molecular flexibility index (Phi) is 4.43. The van der Waals surface area contributed by atoms with Gasteiger partial charge in [0.2, 0.25) is 0 Å². The first-order valence-electron chi connectivity index (χ1n) is 7.33. The number of thioether (sulfide) groups is 1. The summed E-state index contributed by atoms with van der Waals surface area (Å²) in [4.78, 5) is 12.4. The van der Waals surface area contributed by atoms with Crippen molar-refractivity contribution in [2.45, 2.75) is 10.2 Å². The topological polar surface area (TPSA) is 65.6 Å². The molecular weight excluding hydrogens is 374 g/mol. The standard InChI is InChI=1S/C16H11N5OS3/c22-14-12-8-4-5-9-13(12)17-19-20(14)10-24-15-18-21(16(23)25-15)11-6-2-1-3-7-11/h1-9H,10H2. The molecule has 0 saturated heterocycles. The van der Waals surface area contributed by atoms with Crippen molar-refractivity contribution in [3.63, 3.8) is 0 Å². The molecule has 2 aromatic carbocycles. The zero-order chi connectivity index (χ0) is 17.2. The van der Waals surface area contributed by atoms with E-state index >= 15 is 0 Å². The Hall–Kier alpha value is -2.36. The molecule has 0 aliphatic carbocycles. The van der Waals surface area contributed by atoms with Crippen molar-refractivity contribution in [1.82, 2.24) is 24.8 Å². The Morgan fingerprint density at radius 1 is 1.08 bits per heavy atom. The fraction of sp³-hybridized carbons (Fsp3) is 0.0625. The van der Waals surface area contributed by atoms with Crippen molar-refractivity contribution in [2.24, 2.45) is 0 Å². The molecule has 25 heavy (non-hydrogen) atoms. The van der Waals surface area contributed by atoms with Gasteiger partial charge in [0.05, 0.1) is 17.0 Å². The van der Waals surface area contributed by atoms with Gasteiger partial charge in [-0.2, -0.15) is 4.68 Å². The van der Waals surface area contributed by atoms with Gasteiger partial charge in [-0.3, -0.25) is 4.79 Å². The molecule has 0 bridgehead atoms. The normalized spacial score (nSPS) is 11.0. The molecule has 6 nitrogen and oxygen atoms in total. The highest BCUT2D eigenvalue weighted by atomic mass is 32.2. The number of fused-ring (bicyclic) bond motifs is 1. The molecular formula is C16H11N5OS3. The molecule has 2 aromatic heterocycles. The molecule has 0 saturated carbocycles. The predicted octanol–water partition coefficient (Wildman–Crippen LogP) is 3.52. The molecule has 9 heteroatoms. The van der Waals surface area contributed by atoms with Gasteiger partial charge >= 0.3 is 0 Å². The molecule has 2 heterocycles. The van der Waals surface area contributed by atoms with Gasteiger partial charge in [-0.15, -0.1) is 10.2 Å². The van der Waals surface area contributed by atoms with Crippen LogP contribution in [0.1, 0.15) is 0 Å². The van der Waals surface area contributed by atoms with Crippen LogP contribution in [0.4, 0.5) is 0 Å². The molecule has 4 rings (SSSR count). The highest BCUT2D eigenvalue weighted by Crippen LogP contribution is 2.24. The second-order valence-electron chi connectivity index (χ2n) is 5.07. The van der Waals surface area contributed by atoms with Gasteiger partial charge in [0.25, 0.3) is 5.56 Å². The van der Waals surface area contributed by atoms with Crippen LogP contribution in [0.5, 0.6) is 0 Å². The zero-order valence-corrected chi connectivity index (χ0v) is 15.2. The van der Waals surface area contributed by atoms with E-state index < -0.39 is 0 Å². The fourth-order valence-corrected chi connectivity index (χ4v) is 4.49. The van der Waals surface area contributed by atoms with Crippen molar-refractivity contribution in [2.75, 3.05) is 0 Å². The van der Waals surface area contributed by atoms with E-state index in [1.54, 1.807) is 16.8 Å². The van der Waals surface area contributed by atoms with E-state index in [1.807, 2.05) is 42.5 Å². The van der Waals surface area contributed by atoms with E-state index in [1.165, 1.54) is 27.8 Å². The average Bonchev–Trinajstić information content (AvgIpc) is 3.03. The largest absolute Gasteiger partial charge is 0.278 e. The maximum Gasteiger partial charge on any atom is 0.278 e. The third-order valence-corrected chi connectivity index (χ3v) is 5.80. The number of hydrogen-bond donors (Lipinski definition) is 0. The number of aromatic nitrogens is 5. The summed E-state index contributed by atoms with van der Waals surface area (Å²) in [7, 11) is 0. The maximum atomic E-state index is 12.4. The van der Waals surface area contributed by atoms with Crippen LogP contribution in [0.3, 0.4) is 0 Å². The molecule has 0 radical (unpaired) electrons. The zero-order valence-electron chi connectivity index (χ0n) is 12.8. The minimum atomic E-state index is -0.163. The van der Waals surface area contributed by atoms with E-state index in [0.29, 0.717) is 20.7 Å². The second-order valence-corrected chi connectivity index (χ2v) is 7.88. The van der Waals surface area contributed by atoms with Gasteiger partial charge in [0.1, 0.15) is 5.52 Å². The van der Waals surface area contributed by atoms with Crippen LogP contribution in [0.2, 0.25) is 0 Å². The molecule has 0 atom stereocenters. The summed E-state index contributed by atoms with van der Waals surface area (Å²) in [5.74, 6) is 0.327. The van der Waals surface area contributed by atoms with Crippen LogP contribution >= 0.6 is 35.3 Å². The Balaban J connectivity index is 1.59. The first-order valence-corrected chi connectivity index (χ1v) is 9.54. The molecule has 124 valence electrons. The predicted molar refractivity (Wildman–Crippen MR) is 102 cm³/mol. The second kappa shape index (κ2) is 6.87. The number of benzene rings is 2. The first-order chi connectivity index (χ1) is 12.2. The van der Waals surface area contributed by atoms with E-state index in [2.05, 4.69) is 15.4 Å². The highest BCUT2D eigenvalue weighted by molar-refractivity contribution is 8.00. The molecule has 4 aromatic rings. The highest BCUT2D eigenvalue weighted by Gasteiger charge is 2.09. The Morgan fingerprint density at radius 2 is 1.84 bits per heavy atom. The van der Waals surface area contributed by atoms with Gasteiger partial charge in [-0.1, -0.05) is 58.6 Å². The molecule has 0 aliphatic heterocycles. The maximum absolute atomic E-state index is 12.4. The van der Waals surface area contributed by atoms with Gasteiger partial charge < -0.3 is 0 Å². The molecule has 0 fully saturated rings. The van der Waals surface area contributed by atoms with Crippen molar-refractivity contribution in [3.05, 3.63) is 68.9 Å². The van der Waals surface area contributed by atoms with E-state index in [-0.39, 0.29) is 5.56 Å². The molecule has 0 spiro atoms. The van der Waals surface area contributed by atoms with Crippen molar-refractivity contribution >= 4 is 46.2 Å². The lowest BCUT2D eigenvalue weighted by Gasteiger charge is -2.03. The minimum absolute atomic E-state index is 0.163. The van der Waals surface area contributed by atoms with Crippen LogP contribution in [-0.2, 0) is 5.88 Å². The minimum Gasteiger partial charge on any atom is -0.267 e. The lowest BCUT2D eigenvalue weighted by molar-refractivity contribution is 0.644. The first kappa shape index (κ1) is 16.1. The molecule has 0 N–H and O–H groups in total. The average molecular weight is 385 g/mol. The summed E-state index contributed by atoms with van der Waals surface area (Å²) >= 11 is 8.19. The summed E-state index contributed by atoms with van der Waals surface area (Å²) in [6.45, 7) is 0. The number of para-hydroxylation sites is 1. The summed E-state index contributed by atoms with van der Waals surface area (Å²) in [6.07, 6.45) is 0. The number of rotatable bonds is 4. The Morgan fingerprint density at radius 3 is 2.68 bits per heavy atom. The van der Waals surface area contributed by atoms with Gasteiger partial charge in [-0.25, -0.2) is 4.68 Å². The van der Waals surface area contributed by atoms with Gasteiger partial charge in [0, 0.05) is 0 Å². The van der Waals surface area contributed by atoms with Crippen LogP contribution in [0.25, 0.3) is 16.6 Å². The van der Waals surface area contributed by atoms with Crippen molar-refractivity contribution in [1.29, 1.82) is 0 Å². The van der Waals surface area contributed by atoms with Crippen LogP contribution < -0.4 is 5.56 Å². The van der Waals surface area contributed by atoms with Gasteiger partial charge in [-0.05, 0) is 36.5 Å². The molecule has 0 aliphatic rings. The SMILES string of the molecule is O=c1c2ccccc2nnn1CSc1nn(-c2ccccc2)c(=S)s1. The summed E-state index contributed by atoms with van der Waals surface area (Å²) in [6, 6.07) is 16.9. The lowest BCUT2D eigenvalue weighted by Crippen LogP contribution is -2.23. The number of nitrogens with zero attached hydrogens (tertiary/aromatic N) is 5. The smallest absolute Gasteiger partial charge is 0.267 e. The molecule has 0 unspecified atom stereocenters. The monoisotopic (exact) mass is 385 g/mol. The van der Waals surface area contributed by atoms with Crippen molar-refractivity contribution in [3.8, 4) is 5.69 Å². The third kappa shape index (κ3) is 3.26. The van der Waals surface area contributed by atoms with Crippen LogP contribution in [0.15, 0.2) is 63.7 Å². The van der Waals surface area contributed by atoms with Crippen LogP contribution in [-0.4, -0.2) is 24.8 Å². The lowest BCUT2D eigenvalue weighted by atomic mass is 10.2. The Labute approximate surface area is 155 Å². The van der Waals surface area contributed by atoms with E-state index in [4.69, 9.17) is 12.2 Å². The van der Waals surface area contributed by atoms with Gasteiger partial charge in [0.15, 0.2) is 8.29 Å². The van der Waals surface area contributed by atoms with Crippen molar-refractivity contribution < 1.29 is 0 Å². The Bertz CT molecular complexity index is 1150. The summed E-state index contributed by atoms with van der Waals surface area (Å²) in [5.41, 5.74) is 1.35. The van der Waals surface area contributed by atoms with Crippen LogP contribution in [0, 0.1) is 3.95 Å². The third-order valence-electron chi connectivity index (χ3n) is 3.47. The van der Waals surface area contributed by atoms with E-state index in [9.17, 15) is 4.79 Å². The summed E-state index contributed by atoms with van der Waals surface area (Å²) in [5, 5.41) is 13.1. The fourth-order valence-electron chi connectivity index (χ4n) is 2.28. The number of hydrogen-bond acceptors (Lipinski definition) is 7. The molecule has 0 amide bonds.